The van der Waals surface area contributed by atoms with Gasteiger partial charge in [0, 0.05) is 27.9 Å². The molecule has 5 aromatic rings. The van der Waals surface area contributed by atoms with E-state index in [-0.39, 0.29) is 11.0 Å². The molecule has 0 unspecified atom stereocenters. The third kappa shape index (κ3) is 5.22. The molecular weight excluding hydrogens is 494 g/mol. The van der Waals surface area contributed by atoms with Crippen LogP contribution in [0.4, 0.5) is 5.69 Å². The molecule has 36 heavy (non-hydrogen) atoms. The molecule has 2 N–H and O–H groups in total. The number of hydrogen-bond donors (Lipinski definition) is 2. The first kappa shape index (κ1) is 23.5. The van der Waals surface area contributed by atoms with Crippen molar-refractivity contribution in [3.05, 3.63) is 101 Å². The molecule has 0 aliphatic rings. The zero-order chi connectivity index (χ0) is 25.1. The standard InChI is InChI=1S/C28H20ClN3O3S/c1-17-21(27-30-23-16-19(29)10-13-25(23)35-27)8-5-9-22(17)31-28(36)32-26(33)15-12-20-11-14-24(34-20)18-6-3-2-4-7-18/h2-16H,1H3,(H2,31,32,33,36)/b15-12+. The molecule has 3 aromatic carbocycles. The normalized spacial score (nSPS) is 11.2. The number of thiocarbonyl (C=S) groups is 1. The maximum absolute atomic E-state index is 12.4. The van der Waals surface area contributed by atoms with Gasteiger partial charge in [-0.2, -0.15) is 0 Å². The second-order valence-corrected chi connectivity index (χ2v) is 8.80. The van der Waals surface area contributed by atoms with E-state index in [1.54, 1.807) is 30.3 Å². The van der Waals surface area contributed by atoms with Crippen LogP contribution in [-0.2, 0) is 4.79 Å². The number of nitrogens with zero attached hydrogens (tertiary/aromatic N) is 1. The van der Waals surface area contributed by atoms with Crippen molar-refractivity contribution in [2.24, 2.45) is 0 Å². The molecule has 0 atom stereocenters. The average Bonchev–Trinajstić information content (AvgIpc) is 3.51. The van der Waals surface area contributed by atoms with Gasteiger partial charge in [-0.25, -0.2) is 4.98 Å². The highest BCUT2D eigenvalue weighted by Crippen LogP contribution is 2.31. The largest absolute Gasteiger partial charge is 0.457 e. The zero-order valence-electron chi connectivity index (χ0n) is 19.1. The van der Waals surface area contributed by atoms with Gasteiger partial charge in [0.25, 0.3) is 0 Å². The SMILES string of the molecule is Cc1c(NC(=S)NC(=O)/C=C/c2ccc(-c3ccccc3)o2)cccc1-c1nc2cc(Cl)ccc2o1. The molecule has 0 bridgehead atoms. The Morgan fingerprint density at radius 2 is 1.83 bits per heavy atom. The lowest BCUT2D eigenvalue weighted by molar-refractivity contribution is -0.115. The molecule has 0 spiro atoms. The van der Waals surface area contributed by atoms with Crippen LogP contribution in [0.5, 0.6) is 0 Å². The quantitative estimate of drug-likeness (QED) is 0.190. The first-order valence-electron chi connectivity index (χ1n) is 11.1. The van der Waals surface area contributed by atoms with Gasteiger partial charge >= 0.3 is 0 Å². The van der Waals surface area contributed by atoms with Crippen LogP contribution in [0.15, 0.2) is 93.8 Å². The highest BCUT2D eigenvalue weighted by molar-refractivity contribution is 7.80. The van der Waals surface area contributed by atoms with Crippen LogP contribution in [0, 0.1) is 6.92 Å². The van der Waals surface area contributed by atoms with Crippen LogP contribution >= 0.6 is 23.8 Å². The number of hydrogen-bond acceptors (Lipinski definition) is 5. The van der Waals surface area contributed by atoms with Crippen LogP contribution < -0.4 is 10.6 Å². The number of halogens is 1. The number of oxazole rings is 1. The minimum atomic E-state index is -0.380. The summed E-state index contributed by atoms with van der Waals surface area (Å²) in [7, 11) is 0. The molecule has 5 rings (SSSR count). The predicted octanol–water partition coefficient (Wildman–Crippen LogP) is 7.24. The summed E-state index contributed by atoms with van der Waals surface area (Å²) in [5.74, 6) is 1.38. The highest BCUT2D eigenvalue weighted by atomic mass is 35.5. The van der Waals surface area contributed by atoms with Gasteiger partial charge in [0.1, 0.15) is 17.0 Å². The van der Waals surface area contributed by atoms with E-state index in [1.807, 2.05) is 61.5 Å². The van der Waals surface area contributed by atoms with Crippen LogP contribution in [0.1, 0.15) is 11.3 Å². The summed E-state index contributed by atoms with van der Waals surface area (Å²) in [6, 6.07) is 24.3. The maximum Gasteiger partial charge on any atom is 0.250 e. The summed E-state index contributed by atoms with van der Waals surface area (Å²) in [5, 5.41) is 6.48. The molecule has 8 heteroatoms. The number of benzene rings is 3. The predicted molar refractivity (Wildman–Crippen MR) is 147 cm³/mol. The van der Waals surface area contributed by atoms with Gasteiger partial charge in [-0.05, 0) is 73.2 Å². The monoisotopic (exact) mass is 513 g/mol. The Morgan fingerprint density at radius 3 is 2.67 bits per heavy atom. The fourth-order valence-electron chi connectivity index (χ4n) is 3.68. The molecule has 0 aliphatic carbocycles. The van der Waals surface area contributed by atoms with Gasteiger partial charge in [-0.1, -0.05) is 48.0 Å². The molecule has 1 amide bonds. The maximum atomic E-state index is 12.4. The summed E-state index contributed by atoms with van der Waals surface area (Å²) in [4.78, 5) is 16.9. The first-order chi connectivity index (χ1) is 17.5. The Morgan fingerprint density at radius 1 is 1.00 bits per heavy atom. The zero-order valence-corrected chi connectivity index (χ0v) is 20.7. The second kappa shape index (κ2) is 10.2. The van der Waals surface area contributed by atoms with Crippen LogP contribution in [0.2, 0.25) is 5.02 Å². The molecule has 0 radical (unpaired) electrons. The van der Waals surface area contributed by atoms with Gasteiger partial charge in [0.2, 0.25) is 11.8 Å². The number of aromatic nitrogens is 1. The third-order valence-electron chi connectivity index (χ3n) is 5.48. The molecule has 6 nitrogen and oxygen atoms in total. The summed E-state index contributed by atoms with van der Waals surface area (Å²) >= 11 is 11.4. The minimum absolute atomic E-state index is 0.165. The number of anilines is 1. The summed E-state index contributed by atoms with van der Waals surface area (Å²) in [6.45, 7) is 1.92. The molecule has 0 aliphatic heterocycles. The molecule has 2 heterocycles. The van der Waals surface area contributed by atoms with E-state index in [0.29, 0.717) is 27.8 Å². The van der Waals surface area contributed by atoms with Crippen molar-refractivity contribution in [3.8, 4) is 22.8 Å². The number of nitrogens with one attached hydrogen (secondary N) is 2. The van der Waals surface area contributed by atoms with E-state index in [4.69, 9.17) is 32.7 Å². The smallest absolute Gasteiger partial charge is 0.250 e. The molecule has 0 saturated carbocycles. The van der Waals surface area contributed by atoms with E-state index >= 15 is 0 Å². The number of fused-ring (bicyclic) bond motifs is 1. The summed E-state index contributed by atoms with van der Waals surface area (Å²) in [5.41, 5.74) is 4.68. The summed E-state index contributed by atoms with van der Waals surface area (Å²) < 4.78 is 11.7. The number of rotatable bonds is 5. The van der Waals surface area contributed by atoms with E-state index in [0.717, 1.165) is 28.1 Å². The Balaban J connectivity index is 1.24. The number of carbonyl (C=O) groups is 1. The van der Waals surface area contributed by atoms with Crippen molar-refractivity contribution >= 4 is 57.7 Å². The number of amides is 1. The lowest BCUT2D eigenvalue weighted by atomic mass is 10.1. The topological polar surface area (TPSA) is 80.3 Å². The number of carbonyl (C=O) groups excluding carboxylic acids is 1. The molecule has 178 valence electrons. The van der Waals surface area contributed by atoms with E-state index in [9.17, 15) is 4.79 Å². The number of furan rings is 1. The Bertz CT molecular complexity index is 1610. The van der Waals surface area contributed by atoms with Gasteiger partial charge < -0.3 is 14.2 Å². The van der Waals surface area contributed by atoms with Crippen LogP contribution in [0.25, 0.3) is 40.0 Å². The molecule has 0 saturated heterocycles. The Hall–Kier alpha value is -4.20. The Labute approximate surface area is 217 Å². The highest BCUT2D eigenvalue weighted by Gasteiger charge is 2.14. The van der Waals surface area contributed by atoms with E-state index < -0.39 is 0 Å². The van der Waals surface area contributed by atoms with E-state index in [2.05, 4.69) is 15.6 Å². The second-order valence-electron chi connectivity index (χ2n) is 7.95. The van der Waals surface area contributed by atoms with Crippen molar-refractivity contribution in [1.29, 1.82) is 0 Å². The molecule has 0 fully saturated rings. The van der Waals surface area contributed by atoms with E-state index in [1.165, 1.54) is 6.08 Å². The van der Waals surface area contributed by atoms with Crippen molar-refractivity contribution in [3.63, 3.8) is 0 Å². The minimum Gasteiger partial charge on any atom is -0.457 e. The third-order valence-corrected chi connectivity index (χ3v) is 5.92. The van der Waals surface area contributed by atoms with Crippen molar-refractivity contribution in [2.75, 3.05) is 5.32 Å². The lowest BCUT2D eigenvalue weighted by Crippen LogP contribution is -2.33. The van der Waals surface area contributed by atoms with Gasteiger partial charge in [0.05, 0.1) is 0 Å². The fraction of sp³-hybridized carbons (Fsp3) is 0.0357. The average molecular weight is 514 g/mol. The van der Waals surface area contributed by atoms with Crippen LogP contribution in [0.3, 0.4) is 0 Å². The van der Waals surface area contributed by atoms with Crippen molar-refractivity contribution in [2.45, 2.75) is 6.92 Å². The Kier molecular flexibility index (Phi) is 6.66. The van der Waals surface area contributed by atoms with Crippen molar-refractivity contribution in [1.82, 2.24) is 10.3 Å². The fourth-order valence-corrected chi connectivity index (χ4v) is 4.06. The lowest BCUT2D eigenvalue weighted by Gasteiger charge is -2.12. The van der Waals surface area contributed by atoms with Crippen LogP contribution in [-0.4, -0.2) is 16.0 Å². The van der Waals surface area contributed by atoms with Gasteiger partial charge in [-0.3, -0.25) is 10.1 Å². The summed E-state index contributed by atoms with van der Waals surface area (Å²) in [6.07, 6.45) is 2.96. The van der Waals surface area contributed by atoms with Gasteiger partial charge in [0.15, 0.2) is 10.7 Å². The molecule has 2 aromatic heterocycles. The molecular formula is C28H20ClN3O3S. The van der Waals surface area contributed by atoms with Gasteiger partial charge in [-0.15, -0.1) is 0 Å². The van der Waals surface area contributed by atoms with Crippen molar-refractivity contribution < 1.29 is 13.6 Å². The first-order valence-corrected chi connectivity index (χ1v) is 11.9.